The molecule has 74 valence electrons. The quantitative estimate of drug-likeness (QED) is 0.714. The van der Waals surface area contributed by atoms with Crippen LogP contribution >= 0.6 is 0 Å². The van der Waals surface area contributed by atoms with E-state index < -0.39 is 5.97 Å². The largest absolute Gasteiger partial charge is 0.481 e. The van der Waals surface area contributed by atoms with Crippen molar-refractivity contribution in [2.45, 2.75) is 25.7 Å². The van der Waals surface area contributed by atoms with Crippen LogP contribution in [-0.2, 0) is 4.79 Å². The molecule has 0 amide bonds. The number of carbonyl (C=O) groups is 1. The fourth-order valence-corrected chi connectivity index (χ4v) is 3.05. The Balaban J connectivity index is 1.65. The Labute approximate surface area is 78.7 Å². The van der Waals surface area contributed by atoms with Gasteiger partial charge < -0.3 is 10.0 Å². The van der Waals surface area contributed by atoms with E-state index in [9.17, 15) is 4.79 Å². The lowest BCUT2D eigenvalue weighted by atomic mass is 9.57. The van der Waals surface area contributed by atoms with Crippen molar-refractivity contribution in [1.82, 2.24) is 4.90 Å². The Bertz CT molecular complexity index is 213. The molecule has 2 fully saturated rings. The first-order valence-electron chi connectivity index (χ1n) is 5.00. The lowest BCUT2D eigenvalue weighted by Crippen LogP contribution is -2.60. The van der Waals surface area contributed by atoms with Crippen molar-refractivity contribution >= 4 is 5.97 Å². The first kappa shape index (κ1) is 9.00. The summed E-state index contributed by atoms with van der Waals surface area (Å²) in [6.45, 7) is 2.47. The number of likely N-dealkylation sites (tertiary alicyclic amines) is 1. The fraction of sp³-hybridized carbons (Fsp3) is 0.900. The molecule has 1 N–H and O–H groups in total. The molecular formula is C10H17NO2. The molecule has 1 heterocycles. The summed E-state index contributed by atoms with van der Waals surface area (Å²) in [6, 6.07) is 0. The van der Waals surface area contributed by atoms with Crippen molar-refractivity contribution in [3.8, 4) is 0 Å². The molecule has 0 unspecified atom stereocenters. The van der Waals surface area contributed by atoms with Crippen LogP contribution in [0.5, 0.6) is 0 Å². The summed E-state index contributed by atoms with van der Waals surface area (Å²) in [5.41, 5.74) is 0.609. The van der Waals surface area contributed by atoms with Crippen LogP contribution < -0.4 is 0 Å². The van der Waals surface area contributed by atoms with Crippen molar-refractivity contribution in [1.29, 1.82) is 0 Å². The molecule has 1 aliphatic carbocycles. The average molecular weight is 183 g/mol. The monoisotopic (exact) mass is 183 g/mol. The maximum Gasteiger partial charge on any atom is 0.303 e. The van der Waals surface area contributed by atoms with Crippen LogP contribution in [0.3, 0.4) is 0 Å². The van der Waals surface area contributed by atoms with E-state index in [1.807, 2.05) is 0 Å². The highest BCUT2D eigenvalue weighted by atomic mass is 16.4. The van der Waals surface area contributed by atoms with Crippen LogP contribution in [0.15, 0.2) is 0 Å². The third kappa shape index (κ3) is 1.70. The highest BCUT2D eigenvalue weighted by molar-refractivity contribution is 5.66. The van der Waals surface area contributed by atoms with E-state index in [0.29, 0.717) is 17.8 Å². The highest BCUT2D eigenvalue weighted by Crippen LogP contribution is 2.52. The standard InChI is InChI=1S/C10H17NO2/c1-11-6-10(7-11)4-8(5-10)2-3-9(12)13/h8H,2-7H2,1H3,(H,12,13). The molecule has 0 aromatic heterocycles. The van der Waals surface area contributed by atoms with E-state index in [1.165, 1.54) is 25.9 Å². The molecular weight excluding hydrogens is 166 g/mol. The Morgan fingerprint density at radius 1 is 1.54 bits per heavy atom. The predicted octanol–water partition coefficient (Wildman–Crippen LogP) is 1.19. The molecule has 3 heteroatoms. The van der Waals surface area contributed by atoms with Gasteiger partial charge in [0.05, 0.1) is 0 Å². The molecule has 3 nitrogen and oxygen atoms in total. The average Bonchev–Trinajstić information content (AvgIpc) is 1.90. The lowest BCUT2D eigenvalue weighted by Gasteiger charge is -2.58. The van der Waals surface area contributed by atoms with E-state index in [2.05, 4.69) is 11.9 Å². The summed E-state index contributed by atoms with van der Waals surface area (Å²) in [7, 11) is 2.15. The zero-order valence-corrected chi connectivity index (χ0v) is 8.12. The van der Waals surface area contributed by atoms with Crippen LogP contribution in [0.4, 0.5) is 0 Å². The molecule has 2 aliphatic rings. The maximum atomic E-state index is 10.3. The summed E-state index contributed by atoms with van der Waals surface area (Å²) >= 11 is 0. The van der Waals surface area contributed by atoms with Crippen molar-refractivity contribution in [2.24, 2.45) is 11.3 Å². The number of hydrogen-bond donors (Lipinski definition) is 1. The Morgan fingerprint density at radius 2 is 2.15 bits per heavy atom. The van der Waals surface area contributed by atoms with Gasteiger partial charge in [-0.15, -0.1) is 0 Å². The van der Waals surface area contributed by atoms with E-state index in [-0.39, 0.29) is 0 Å². The second kappa shape index (κ2) is 2.98. The van der Waals surface area contributed by atoms with Gasteiger partial charge in [-0.2, -0.15) is 0 Å². The van der Waals surface area contributed by atoms with Crippen molar-refractivity contribution in [3.05, 3.63) is 0 Å². The van der Waals surface area contributed by atoms with Gasteiger partial charge >= 0.3 is 5.97 Å². The smallest absolute Gasteiger partial charge is 0.303 e. The lowest BCUT2D eigenvalue weighted by molar-refractivity contribution is -0.138. The van der Waals surface area contributed by atoms with Crippen LogP contribution in [0.1, 0.15) is 25.7 Å². The maximum absolute atomic E-state index is 10.3. The molecule has 13 heavy (non-hydrogen) atoms. The second-order valence-electron chi connectivity index (χ2n) is 4.88. The van der Waals surface area contributed by atoms with Crippen molar-refractivity contribution < 1.29 is 9.90 Å². The second-order valence-corrected chi connectivity index (χ2v) is 4.88. The molecule has 0 atom stereocenters. The molecule has 2 rings (SSSR count). The van der Waals surface area contributed by atoms with Crippen LogP contribution in [-0.4, -0.2) is 36.1 Å². The number of nitrogens with zero attached hydrogens (tertiary/aromatic N) is 1. The summed E-state index contributed by atoms with van der Waals surface area (Å²) < 4.78 is 0. The molecule has 1 aliphatic heterocycles. The van der Waals surface area contributed by atoms with E-state index in [4.69, 9.17) is 5.11 Å². The summed E-state index contributed by atoms with van der Waals surface area (Å²) in [5, 5.41) is 8.52. The van der Waals surface area contributed by atoms with Gasteiger partial charge in [0.1, 0.15) is 0 Å². The van der Waals surface area contributed by atoms with Gasteiger partial charge in [0, 0.05) is 19.5 Å². The highest BCUT2D eigenvalue weighted by Gasteiger charge is 2.50. The Kier molecular flexibility index (Phi) is 2.06. The molecule has 0 radical (unpaired) electrons. The third-order valence-corrected chi connectivity index (χ3v) is 3.42. The summed E-state index contributed by atoms with van der Waals surface area (Å²) in [5.74, 6) is 0.0523. The van der Waals surface area contributed by atoms with Crippen molar-refractivity contribution in [2.75, 3.05) is 20.1 Å². The minimum absolute atomic E-state index is 0.358. The van der Waals surface area contributed by atoms with Crippen molar-refractivity contribution in [3.63, 3.8) is 0 Å². The molecule has 0 aromatic rings. The fourth-order valence-electron chi connectivity index (χ4n) is 3.05. The van der Waals surface area contributed by atoms with Gasteiger partial charge in [-0.25, -0.2) is 0 Å². The molecule has 1 saturated carbocycles. The first-order valence-corrected chi connectivity index (χ1v) is 5.00. The van der Waals surface area contributed by atoms with Gasteiger partial charge in [0.25, 0.3) is 0 Å². The normalized spacial score (nSPS) is 26.8. The topological polar surface area (TPSA) is 40.5 Å². The number of hydrogen-bond acceptors (Lipinski definition) is 2. The molecule has 0 bridgehead atoms. The van der Waals surface area contributed by atoms with Gasteiger partial charge in [0.2, 0.25) is 0 Å². The van der Waals surface area contributed by atoms with Gasteiger partial charge in [-0.1, -0.05) is 0 Å². The third-order valence-electron chi connectivity index (χ3n) is 3.42. The van der Waals surface area contributed by atoms with E-state index in [0.717, 1.165) is 6.42 Å². The number of carboxylic acid groups (broad SMARTS) is 1. The van der Waals surface area contributed by atoms with Crippen LogP contribution in [0, 0.1) is 11.3 Å². The SMILES string of the molecule is CN1CC2(CC(CCC(=O)O)C2)C1. The summed E-state index contributed by atoms with van der Waals surface area (Å²) in [6.07, 6.45) is 3.78. The Morgan fingerprint density at radius 3 is 2.62 bits per heavy atom. The van der Waals surface area contributed by atoms with Gasteiger partial charge in [0.15, 0.2) is 0 Å². The number of rotatable bonds is 3. The Hall–Kier alpha value is -0.570. The van der Waals surface area contributed by atoms with E-state index in [1.54, 1.807) is 0 Å². The molecule has 1 saturated heterocycles. The zero-order valence-electron chi connectivity index (χ0n) is 8.12. The minimum Gasteiger partial charge on any atom is -0.481 e. The first-order chi connectivity index (χ1) is 6.10. The zero-order chi connectivity index (χ0) is 9.47. The van der Waals surface area contributed by atoms with E-state index >= 15 is 0 Å². The van der Waals surface area contributed by atoms with Gasteiger partial charge in [-0.3, -0.25) is 4.79 Å². The predicted molar refractivity (Wildman–Crippen MR) is 49.5 cm³/mol. The molecule has 0 aromatic carbocycles. The minimum atomic E-state index is -0.647. The number of aliphatic carboxylic acids is 1. The molecule has 1 spiro atoms. The number of carboxylic acids is 1. The van der Waals surface area contributed by atoms with Gasteiger partial charge in [-0.05, 0) is 37.6 Å². The summed E-state index contributed by atoms with van der Waals surface area (Å²) in [4.78, 5) is 12.7. The van der Waals surface area contributed by atoms with Crippen LogP contribution in [0.25, 0.3) is 0 Å². The van der Waals surface area contributed by atoms with Crippen LogP contribution in [0.2, 0.25) is 0 Å².